The highest BCUT2D eigenvalue weighted by Crippen LogP contribution is 2.29. The number of nitrogens with one attached hydrogen (secondary N) is 2. The molecule has 0 unspecified atom stereocenters. The molecule has 5 heteroatoms. The molecule has 0 saturated carbocycles. The van der Waals surface area contributed by atoms with Crippen molar-refractivity contribution in [3.05, 3.63) is 75.9 Å². The number of anilines is 1. The maximum Gasteiger partial charge on any atom is 0.253 e. The van der Waals surface area contributed by atoms with Crippen LogP contribution >= 0.6 is 15.9 Å². The van der Waals surface area contributed by atoms with Gasteiger partial charge in [0.15, 0.2) is 0 Å². The number of dihydropyridines is 1. The van der Waals surface area contributed by atoms with Crippen LogP contribution in [0.2, 0.25) is 0 Å². The molecule has 0 atom stereocenters. The summed E-state index contributed by atoms with van der Waals surface area (Å²) < 4.78 is 6.30. The van der Waals surface area contributed by atoms with Gasteiger partial charge in [0.05, 0.1) is 12.8 Å². The van der Waals surface area contributed by atoms with Gasteiger partial charge in [0.25, 0.3) is 5.91 Å². The second kappa shape index (κ2) is 7.57. The van der Waals surface area contributed by atoms with Gasteiger partial charge >= 0.3 is 0 Å². The van der Waals surface area contributed by atoms with Gasteiger partial charge in [-0.2, -0.15) is 0 Å². The SMILES string of the molecule is COc1ccccc1NC(=O)C1=C(C)NC(c2ccccc2Br)=CC1. The molecule has 0 fully saturated rings. The van der Waals surface area contributed by atoms with Crippen LogP contribution in [0.5, 0.6) is 5.75 Å². The maximum atomic E-state index is 12.7. The fraction of sp³-hybridized carbons (Fsp3) is 0.150. The van der Waals surface area contributed by atoms with Crippen LogP contribution in [0.15, 0.2) is 70.3 Å². The van der Waals surface area contributed by atoms with Crippen LogP contribution < -0.4 is 15.4 Å². The maximum absolute atomic E-state index is 12.7. The highest BCUT2D eigenvalue weighted by atomic mass is 79.9. The van der Waals surface area contributed by atoms with Crippen molar-refractivity contribution in [1.29, 1.82) is 0 Å². The first kappa shape index (κ1) is 17.3. The lowest BCUT2D eigenvalue weighted by atomic mass is 10.0. The number of ether oxygens (including phenoxy) is 1. The summed E-state index contributed by atoms with van der Waals surface area (Å²) in [5.41, 5.74) is 4.29. The zero-order valence-corrected chi connectivity index (χ0v) is 15.7. The summed E-state index contributed by atoms with van der Waals surface area (Å²) in [4.78, 5) is 12.7. The van der Waals surface area contributed by atoms with E-state index in [0.29, 0.717) is 23.4 Å². The lowest BCUT2D eigenvalue weighted by Gasteiger charge is -2.21. The van der Waals surface area contributed by atoms with Gasteiger partial charge < -0.3 is 15.4 Å². The average molecular weight is 399 g/mol. The molecule has 0 aromatic heterocycles. The first-order valence-corrected chi connectivity index (χ1v) is 8.75. The van der Waals surface area contributed by atoms with Gasteiger partial charge in [-0.1, -0.05) is 52.3 Å². The molecule has 1 aliphatic heterocycles. The summed E-state index contributed by atoms with van der Waals surface area (Å²) in [6, 6.07) is 15.4. The van der Waals surface area contributed by atoms with Crippen molar-refractivity contribution in [2.75, 3.05) is 12.4 Å². The number of para-hydroxylation sites is 2. The predicted molar refractivity (Wildman–Crippen MR) is 104 cm³/mol. The van der Waals surface area contributed by atoms with E-state index in [-0.39, 0.29) is 5.91 Å². The van der Waals surface area contributed by atoms with Crippen molar-refractivity contribution in [3.8, 4) is 5.75 Å². The summed E-state index contributed by atoms with van der Waals surface area (Å²) in [6.45, 7) is 1.92. The second-order valence-electron chi connectivity index (χ2n) is 5.68. The Bertz CT molecular complexity index is 872. The molecule has 1 heterocycles. The van der Waals surface area contributed by atoms with Gasteiger partial charge in [-0.15, -0.1) is 0 Å². The minimum atomic E-state index is -0.128. The first-order valence-electron chi connectivity index (χ1n) is 7.96. The van der Waals surface area contributed by atoms with Gasteiger partial charge in [0, 0.05) is 27.0 Å². The highest BCUT2D eigenvalue weighted by molar-refractivity contribution is 9.10. The number of carbonyl (C=O) groups excluding carboxylic acids is 1. The Hall–Kier alpha value is -2.53. The van der Waals surface area contributed by atoms with E-state index in [1.807, 2.05) is 61.5 Å². The van der Waals surface area contributed by atoms with E-state index >= 15 is 0 Å². The molecular formula is C20H19BrN2O2. The molecular weight excluding hydrogens is 380 g/mol. The Balaban J connectivity index is 1.77. The normalized spacial score (nSPS) is 13.8. The monoisotopic (exact) mass is 398 g/mol. The Kier molecular flexibility index (Phi) is 5.24. The highest BCUT2D eigenvalue weighted by Gasteiger charge is 2.19. The van der Waals surface area contributed by atoms with Crippen molar-refractivity contribution >= 4 is 33.2 Å². The summed E-state index contributed by atoms with van der Waals surface area (Å²) in [5, 5.41) is 6.26. The van der Waals surface area contributed by atoms with Crippen LogP contribution in [0.4, 0.5) is 5.69 Å². The van der Waals surface area contributed by atoms with Crippen molar-refractivity contribution in [2.24, 2.45) is 0 Å². The van der Waals surface area contributed by atoms with Crippen LogP contribution in [-0.4, -0.2) is 13.0 Å². The predicted octanol–water partition coefficient (Wildman–Crippen LogP) is 4.70. The van der Waals surface area contributed by atoms with E-state index < -0.39 is 0 Å². The van der Waals surface area contributed by atoms with E-state index in [0.717, 1.165) is 21.4 Å². The van der Waals surface area contributed by atoms with Crippen LogP contribution in [-0.2, 0) is 4.79 Å². The summed E-state index contributed by atoms with van der Waals surface area (Å²) >= 11 is 3.57. The molecule has 2 aromatic carbocycles. The average Bonchev–Trinajstić information content (AvgIpc) is 2.62. The van der Waals surface area contributed by atoms with Crippen molar-refractivity contribution in [2.45, 2.75) is 13.3 Å². The summed E-state index contributed by atoms with van der Waals surface area (Å²) in [7, 11) is 1.59. The number of benzene rings is 2. The van der Waals surface area contributed by atoms with E-state index in [4.69, 9.17) is 4.74 Å². The molecule has 128 valence electrons. The molecule has 1 aliphatic rings. The number of amides is 1. The Morgan fingerprint density at radius 1 is 1.16 bits per heavy atom. The van der Waals surface area contributed by atoms with Crippen molar-refractivity contribution < 1.29 is 9.53 Å². The topological polar surface area (TPSA) is 50.4 Å². The number of carbonyl (C=O) groups is 1. The lowest BCUT2D eigenvalue weighted by molar-refractivity contribution is -0.113. The van der Waals surface area contributed by atoms with Crippen LogP contribution in [0.25, 0.3) is 5.70 Å². The minimum Gasteiger partial charge on any atom is -0.495 e. The Labute approximate surface area is 155 Å². The molecule has 0 saturated heterocycles. The van der Waals surface area contributed by atoms with Gasteiger partial charge in [0.2, 0.25) is 0 Å². The van der Waals surface area contributed by atoms with Gasteiger partial charge in [-0.05, 0) is 31.5 Å². The van der Waals surface area contributed by atoms with E-state index in [1.54, 1.807) is 7.11 Å². The van der Waals surface area contributed by atoms with Gasteiger partial charge in [-0.25, -0.2) is 0 Å². The number of hydrogen-bond donors (Lipinski definition) is 2. The fourth-order valence-electron chi connectivity index (χ4n) is 2.75. The number of allylic oxidation sites excluding steroid dienone is 2. The van der Waals surface area contributed by atoms with Gasteiger partial charge in [-0.3, -0.25) is 4.79 Å². The molecule has 0 spiro atoms. The van der Waals surface area contributed by atoms with E-state index in [1.165, 1.54) is 0 Å². The smallest absolute Gasteiger partial charge is 0.253 e. The van der Waals surface area contributed by atoms with E-state index in [9.17, 15) is 4.79 Å². The fourth-order valence-corrected chi connectivity index (χ4v) is 3.25. The number of methoxy groups -OCH3 is 1. The standard InChI is InChI=1S/C20H19BrN2O2/c1-13-14(20(24)23-18-9-5-6-10-19(18)25-2)11-12-17(22-13)15-7-3-4-8-16(15)21/h3-10,12,22H,11H2,1-2H3,(H,23,24). The van der Waals surface area contributed by atoms with E-state index in [2.05, 4.69) is 26.6 Å². The number of hydrogen-bond acceptors (Lipinski definition) is 3. The Morgan fingerprint density at radius 2 is 1.88 bits per heavy atom. The summed E-state index contributed by atoms with van der Waals surface area (Å²) in [5.74, 6) is 0.513. The molecule has 2 aromatic rings. The zero-order chi connectivity index (χ0) is 17.8. The third-order valence-electron chi connectivity index (χ3n) is 4.08. The molecule has 2 N–H and O–H groups in total. The second-order valence-corrected chi connectivity index (χ2v) is 6.54. The molecule has 3 rings (SSSR count). The largest absolute Gasteiger partial charge is 0.495 e. The molecule has 0 bridgehead atoms. The minimum absolute atomic E-state index is 0.128. The number of halogens is 1. The van der Waals surface area contributed by atoms with Crippen LogP contribution in [0.1, 0.15) is 18.9 Å². The third-order valence-corrected chi connectivity index (χ3v) is 4.77. The molecule has 4 nitrogen and oxygen atoms in total. The quantitative estimate of drug-likeness (QED) is 0.784. The zero-order valence-electron chi connectivity index (χ0n) is 14.1. The molecule has 25 heavy (non-hydrogen) atoms. The first-order chi connectivity index (χ1) is 12.1. The van der Waals surface area contributed by atoms with Crippen molar-refractivity contribution in [1.82, 2.24) is 5.32 Å². The lowest BCUT2D eigenvalue weighted by Crippen LogP contribution is -2.23. The van der Waals surface area contributed by atoms with Crippen LogP contribution in [0, 0.1) is 0 Å². The molecule has 0 aliphatic carbocycles. The molecule has 0 radical (unpaired) electrons. The Morgan fingerprint density at radius 3 is 2.60 bits per heavy atom. The van der Waals surface area contributed by atoms with Crippen molar-refractivity contribution in [3.63, 3.8) is 0 Å². The number of rotatable bonds is 4. The van der Waals surface area contributed by atoms with Gasteiger partial charge in [0.1, 0.15) is 5.75 Å². The molecule has 1 amide bonds. The van der Waals surface area contributed by atoms with Crippen LogP contribution in [0.3, 0.4) is 0 Å². The summed E-state index contributed by atoms with van der Waals surface area (Å²) in [6.07, 6.45) is 2.60. The third kappa shape index (κ3) is 3.77.